The lowest BCUT2D eigenvalue weighted by Crippen LogP contribution is -2.22. The van der Waals surface area contributed by atoms with E-state index in [-0.39, 0.29) is 36.5 Å². The van der Waals surface area contributed by atoms with Crippen LogP contribution in [0.5, 0.6) is 5.75 Å². The molecule has 2 rings (SSSR count). The van der Waals surface area contributed by atoms with Gasteiger partial charge >= 0.3 is 6.18 Å². The monoisotopic (exact) mass is 485 g/mol. The summed E-state index contributed by atoms with van der Waals surface area (Å²) in [5, 5.41) is 33.5. The zero-order chi connectivity index (χ0) is 25.1. The smallest absolute Gasteiger partial charge is 0.416 e. The van der Waals surface area contributed by atoms with Crippen LogP contribution >= 0.6 is 0 Å². The maximum atomic E-state index is 12.8. The average molecular weight is 486 g/mol. The summed E-state index contributed by atoms with van der Waals surface area (Å²) in [6, 6.07) is 4.41. The minimum Gasteiger partial charge on any atom is -0.491 e. The lowest BCUT2D eigenvalue weighted by atomic mass is 9.89. The number of allylic oxidation sites excluding steroid dienone is 2. The molecule has 1 aromatic carbocycles. The van der Waals surface area contributed by atoms with Gasteiger partial charge in [0.1, 0.15) is 18.5 Å². The Morgan fingerprint density at radius 3 is 2.74 bits per heavy atom. The summed E-state index contributed by atoms with van der Waals surface area (Å²) >= 11 is 0. The standard InChI is InChI=1S/C25H34F3NO5/c1-2-29-24(33)11-6-4-3-5-10-20-21(23(32)15-22(20)31)13-12-18(30)16-34-19-9-7-8-17(14-19)25(26,27)28/h3,5,7-9,12-14,18,20-23,30-32H,2,4,6,10-11,15-16H2,1H3,(H,29,33)/b5-3-,13-12+/t18-,20-,21?,22+,23-/m1/s1. The topological polar surface area (TPSA) is 99.0 Å². The number of rotatable bonds is 12. The predicted molar refractivity (Wildman–Crippen MR) is 122 cm³/mol. The molecule has 1 amide bonds. The second-order valence-electron chi connectivity index (χ2n) is 8.45. The summed E-state index contributed by atoms with van der Waals surface area (Å²) in [5.74, 6) is -0.597. The summed E-state index contributed by atoms with van der Waals surface area (Å²) < 4.78 is 43.7. The number of aliphatic hydroxyl groups excluding tert-OH is 3. The quantitative estimate of drug-likeness (QED) is 0.268. The van der Waals surface area contributed by atoms with Crippen LogP contribution in [0.4, 0.5) is 13.2 Å². The molecule has 0 radical (unpaired) electrons. The number of aliphatic hydroxyl groups is 3. The number of ether oxygens (including phenoxy) is 1. The van der Waals surface area contributed by atoms with E-state index in [0.29, 0.717) is 19.4 Å². The van der Waals surface area contributed by atoms with Gasteiger partial charge < -0.3 is 25.4 Å². The number of carbonyl (C=O) groups excluding carboxylic acids is 1. The van der Waals surface area contributed by atoms with E-state index in [1.54, 1.807) is 6.08 Å². The lowest BCUT2D eigenvalue weighted by molar-refractivity contribution is -0.137. The van der Waals surface area contributed by atoms with Gasteiger partial charge in [0.05, 0.1) is 17.8 Å². The fraction of sp³-hybridized carbons (Fsp3) is 0.560. The Hall–Kier alpha value is -2.36. The van der Waals surface area contributed by atoms with Gasteiger partial charge in [0.2, 0.25) is 5.91 Å². The summed E-state index contributed by atoms with van der Waals surface area (Å²) in [6.07, 6.45) is 2.58. The summed E-state index contributed by atoms with van der Waals surface area (Å²) in [6.45, 7) is 2.23. The molecule has 1 fully saturated rings. The number of carbonyl (C=O) groups is 1. The summed E-state index contributed by atoms with van der Waals surface area (Å²) in [5.41, 5.74) is -0.835. The van der Waals surface area contributed by atoms with Crippen molar-refractivity contribution in [1.82, 2.24) is 5.32 Å². The first kappa shape index (κ1) is 27.9. The molecule has 4 N–H and O–H groups in total. The summed E-state index contributed by atoms with van der Waals surface area (Å²) in [4.78, 5) is 11.4. The van der Waals surface area contributed by atoms with E-state index < -0.39 is 30.1 Å². The first-order valence-corrected chi connectivity index (χ1v) is 11.6. The summed E-state index contributed by atoms with van der Waals surface area (Å²) in [7, 11) is 0. The van der Waals surface area contributed by atoms with E-state index in [9.17, 15) is 33.3 Å². The van der Waals surface area contributed by atoms with E-state index in [4.69, 9.17) is 4.74 Å². The normalized spacial score (nSPS) is 24.1. The van der Waals surface area contributed by atoms with Crippen LogP contribution < -0.4 is 10.1 Å². The highest BCUT2D eigenvalue weighted by Gasteiger charge is 2.39. The number of amides is 1. The molecule has 0 aliphatic heterocycles. The van der Waals surface area contributed by atoms with E-state index >= 15 is 0 Å². The molecule has 5 atom stereocenters. The molecule has 1 aromatic rings. The van der Waals surface area contributed by atoms with Gasteiger partial charge in [0, 0.05) is 25.3 Å². The molecule has 1 aliphatic rings. The number of benzene rings is 1. The van der Waals surface area contributed by atoms with Gasteiger partial charge in [-0.1, -0.05) is 30.4 Å². The van der Waals surface area contributed by atoms with E-state index in [1.165, 1.54) is 18.2 Å². The molecule has 0 heterocycles. The third-order valence-corrected chi connectivity index (χ3v) is 5.78. The van der Waals surface area contributed by atoms with Gasteiger partial charge in [-0.25, -0.2) is 0 Å². The van der Waals surface area contributed by atoms with E-state index in [2.05, 4.69) is 5.32 Å². The van der Waals surface area contributed by atoms with Crippen LogP contribution in [0.15, 0.2) is 48.6 Å². The van der Waals surface area contributed by atoms with Crippen molar-refractivity contribution in [3.63, 3.8) is 0 Å². The van der Waals surface area contributed by atoms with Crippen molar-refractivity contribution in [3.05, 3.63) is 54.1 Å². The molecule has 1 unspecified atom stereocenters. The van der Waals surface area contributed by atoms with Crippen LogP contribution in [0.3, 0.4) is 0 Å². The molecule has 6 nitrogen and oxygen atoms in total. The molecule has 190 valence electrons. The minimum atomic E-state index is -4.48. The second kappa shape index (κ2) is 13.5. The van der Waals surface area contributed by atoms with Gasteiger partial charge in [-0.2, -0.15) is 13.2 Å². The van der Waals surface area contributed by atoms with E-state index in [0.717, 1.165) is 25.0 Å². The number of unbranched alkanes of at least 4 members (excludes halogenated alkanes) is 1. The first-order valence-electron chi connectivity index (χ1n) is 11.6. The van der Waals surface area contributed by atoms with Crippen molar-refractivity contribution in [3.8, 4) is 5.75 Å². The average Bonchev–Trinajstić information content (AvgIpc) is 3.05. The van der Waals surface area contributed by atoms with Crippen molar-refractivity contribution in [2.24, 2.45) is 11.8 Å². The van der Waals surface area contributed by atoms with Crippen LogP contribution in [0.1, 0.15) is 44.6 Å². The van der Waals surface area contributed by atoms with Gasteiger partial charge in [0.25, 0.3) is 0 Å². The highest BCUT2D eigenvalue weighted by Crippen LogP contribution is 2.36. The fourth-order valence-electron chi connectivity index (χ4n) is 4.00. The fourth-order valence-corrected chi connectivity index (χ4v) is 4.00. The van der Waals surface area contributed by atoms with Crippen LogP contribution in [-0.4, -0.2) is 52.7 Å². The molecular formula is C25H34F3NO5. The zero-order valence-corrected chi connectivity index (χ0v) is 19.2. The third kappa shape index (κ3) is 9.12. The molecule has 9 heteroatoms. The van der Waals surface area contributed by atoms with Crippen molar-refractivity contribution in [1.29, 1.82) is 0 Å². The third-order valence-electron chi connectivity index (χ3n) is 5.78. The molecular weight excluding hydrogens is 451 g/mol. The maximum Gasteiger partial charge on any atom is 0.416 e. The van der Waals surface area contributed by atoms with Crippen molar-refractivity contribution in [2.75, 3.05) is 13.2 Å². The number of halogens is 3. The van der Waals surface area contributed by atoms with Crippen LogP contribution in [0.25, 0.3) is 0 Å². The van der Waals surface area contributed by atoms with Gasteiger partial charge in [-0.05, 0) is 50.3 Å². The second-order valence-corrected chi connectivity index (χ2v) is 8.45. The Morgan fingerprint density at radius 2 is 2.03 bits per heavy atom. The van der Waals surface area contributed by atoms with E-state index in [1.807, 2.05) is 19.1 Å². The lowest BCUT2D eigenvalue weighted by Gasteiger charge is -2.19. The van der Waals surface area contributed by atoms with Gasteiger partial charge in [-0.15, -0.1) is 0 Å². The molecule has 34 heavy (non-hydrogen) atoms. The Balaban J connectivity index is 1.84. The Labute approximate surface area is 198 Å². The van der Waals surface area contributed by atoms with Crippen molar-refractivity contribution >= 4 is 5.91 Å². The first-order chi connectivity index (χ1) is 16.1. The number of alkyl halides is 3. The number of nitrogens with one attached hydrogen (secondary N) is 1. The molecule has 0 bridgehead atoms. The van der Waals surface area contributed by atoms with Crippen LogP contribution in [0.2, 0.25) is 0 Å². The maximum absolute atomic E-state index is 12.8. The van der Waals surface area contributed by atoms with Crippen molar-refractivity contribution < 1.29 is 38.0 Å². The minimum absolute atomic E-state index is 0.00575. The molecule has 0 spiro atoms. The molecule has 1 saturated carbocycles. The Bertz CT molecular complexity index is 827. The Morgan fingerprint density at radius 1 is 1.26 bits per heavy atom. The van der Waals surface area contributed by atoms with Gasteiger partial charge in [0.15, 0.2) is 0 Å². The zero-order valence-electron chi connectivity index (χ0n) is 19.2. The van der Waals surface area contributed by atoms with Crippen LogP contribution in [-0.2, 0) is 11.0 Å². The molecule has 1 aliphatic carbocycles. The number of hydrogen-bond donors (Lipinski definition) is 4. The molecule has 0 saturated heterocycles. The SMILES string of the molecule is CCNC(=O)CCC/C=C\C[C@@H]1C(/C=C/[C@@H](O)COc2cccc(C(F)(F)F)c2)[C@H](O)C[C@@H]1O. The Kier molecular flexibility index (Phi) is 11.1. The molecule has 0 aromatic heterocycles. The number of hydrogen-bond acceptors (Lipinski definition) is 5. The largest absolute Gasteiger partial charge is 0.491 e. The highest BCUT2D eigenvalue weighted by molar-refractivity contribution is 5.75. The van der Waals surface area contributed by atoms with Gasteiger partial charge in [-0.3, -0.25) is 4.79 Å². The van der Waals surface area contributed by atoms with Crippen LogP contribution in [0, 0.1) is 11.8 Å². The van der Waals surface area contributed by atoms with Crippen molar-refractivity contribution in [2.45, 2.75) is 63.5 Å². The highest BCUT2D eigenvalue weighted by atomic mass is 19.4. The predicted octanol–water partition coefficient (Wildman–Crippen LogP) is 3.61.